The molecule has 1 aliphatic rings. The van der Waals surface area contributed by atoms with Gasteiger partial charge in [0.1, 0.15) is 11.8 Å². The maximum Gasteiger partial charge on any atom is 0.413 e. The first-order valence-corrected chi connectivity index (χ1v) is 14.1. The molecular weight excluding hydrogens is 579 g/mol. The number of pyridine rings is 1. The molecule has 1 saturated carbocycles. The van der Waals surface area contributed by atoms with E-state index in [4.69, 9.17) is 11.6 Å². The summed E-state index contributed by atoms with van der Waals surface area (Å²) in [6.45, 7) is 6.83. The van der Waals surface area contributed by atoms with Crippen LogP contribution in [0, 0.1) is 16.7 Å². The van der Waals surface area contributed by atoms with Crippen LogP contribution in [0.25, 0.3) is 21.8 Å². The third kappa shape index (κ3) is 5.22. The highest BCUT2D eigenvalue weighted by atomic mass is 35.5. The number of aromatic nitrogens is 6. The van der Waals surface area contributed by atoms with Gasteiger partial charge in [-0.25, -0.2) is 4.68 Å². The lowest BCUT2D eigenvalue weighted by molar-refractivity contribution is -0.182. The molecule has 1 atom stereocenters. The van der Waals surface area contributed by atoms with Gasteiger partial charge in [-0.3, -0.25) is 9.67 Å². The van der Waals surface area contributed by atoms with Gasteiger partial charge in [-0.15, -0.1) is 5.10 Å². The number of benzene rings is 2. The van der Waals surface area contributed by atoms with Gasteiger partial charge < -0.3 is 10.6 Å². The van der Waals surface area contributed by atoms with E-state index in [1.807, 2.05) is 30.5 Å². The number of hydrogen-bond acceptors (Lipinski definition) is 7. The molecule has 6 rings (SSSR count). The summed E-state index contributed by atoms with van der Waals surface area (Å²) in [4.78, 5) is 4.43. The van der Waals surface area contributed by atoms with Gasteiger partial charge in [-0.2, -0.15) is 23.5 Å². The second-order valence-electron chi connectivity index (χ2n) is 12.2. The molecule has 0 saturated heterocycles. The van der Waals surface area contributed by atoms with Gasteiger partial charge >= 0.3 is 6.18 Å². The molecule has 43 heavy (non-hydrogen) atoms. The lowest BCUT2D eigenvalue weighted by Crippen LogP contribution is -2.35. The molecule has 0 radical (unpaired) electrons. The third-order valence-electron chi connectivity index (χ3n) is 7.66. The highest BCUT2D eigenvalue weighted by molar-refractivity contribution is 6.35. The Labute approximate surface area is 250 Å². The Kier molecular flexibility index (Phi) is 6.76. The Balaban J connectivity index is 1.48. The van der Waals surface area contributed by atoms with Gasteiger partial charge in [0.25, 0.3) is 0 Å². The Hall–Kier alpha value is -4.37. The van der Waals surface area contributed by atoms with Crippen LogP contribution in [0.4, 0.5) is 24.5 Å². The van der Waals surface area contributed by atoms with Crippen molar-refractivity contribution >= 4 is 44.8 Å². The van der Waals surface area contributed by atoms with E-state index in [0.29, 0.717) is 45.1 Å². The van der Waals surface area contributed by atoms with Crippen LogP contribution in [0.15, 0.2) is 48.9 Å². The van der Waals surface area contributed by atoms with Crippen LogP contribution in [0.1, 0.15) is 56.5 Å². The monoisotopic (exact) mass is 607 g/mol. The molecule has 1 aliphatic carbocycles. The highest BCUT2D eigenvalue weighted by Crippen LogP contribution is 2.55. The SMILES string of the molecule is Cn1cc2c([C@H](Nc3cc(Cl)c4ncc(C#N)c(NCC(C)(C)C)c4c3)c3cn(C4(C(F)(F)F)CC4)nn3)cccc2n1. The molecule has 222 valence electrons. The zero-order valence-electron chi connectivity index (χ0n) is 24.0. The minimum atomic E-state index is -4.45. The van der Waals surface area contributed by atoms with E-state index in [9.17, 15) is 18.4 Å². The van der Waals surface area contributed by atoms with Crippen molar-refractivity contribution in [3.8, 4) is 6.07 Å². The fourth-order valence-corrected chi connectivity index (χ4v) is 5.53. The fourth-order valence-electron chi connectivity index (χ4n) is 5.26. The van der Waals surface area contributed by atoms with Crippen molar-refractivity contribution in [3.05, 3.63) is 70.8 Å². The Morgan fingerprint density at radius 2 is 1.91 bits per heavy atom. The van der Waals surface area contributed by atoms with Gasteiger partial charge in [0.2, 0.25) is 0 Å². The predicted molar refractivity (Wildman–Crippen MR) is 159 cm³/mol. The van der Waals surface area contributed by atoms with Crippen LogP contribution in [0.2, 0.25) is 5.02 Å². The number of anilines is 2. The number of halogens is 4. The zero-order valence-corrected chi connectivity index (χ0v) is 24.7. The Morgan fingerprint density at radius 3 is 2.58 bits per heavy atom. The average molecular weight is 608 g/mol. The van der Waals surface area contributed by atoms with Gasteiger partial charge in [0, 0.05) is 42.4 Å². The summed E-state index contributed by atoms with van der Waals surface area (Å²) >= 11 is 6.73. The number of fused-ring (bicyclic) bond motifs is 2. The molecule has 0 bridgehead atoms. The molecule has 13 heteroatoms. The molecule has 0 amide bonds. The first-order chi connectivity index (χ1) is 20.3. The second-order valence-corrected chi connectivity index (χ2v) is 12.6. The summed E-state index contributed by atoms with van der Waals surface area (Å²) in [6, 6.07) is 10.6. The lowest BCUT2D eigenvalue weighted by Gasteiger charge is -2.23. The number of nitrogens with one attached hydrogen (secondary N) is 2. The Bertz CT molecular complexity index is 1890. The maximum atomic E-state index is 13.9. The van der Waals surface area contributed by atoms with Crippen LogP contribution < -0.4 is 10.6 Å². The molecule has 5 aromatic rings. The summed E-state index contributed by atoms with van der Waals surface area (Å²) in [5, 5.41) is 31.1. The summed E-state index contributed by atoms with van der Waals surface area (Å²) in [7, 11) is 1.80. The first kappa shape index (κ1) is 28.7. The van der Waals surface area contributed by atoms with Crippen molar-refractivity contribution in [1.29, 1.82) is 5.26 Å². The van der Waals surface area contributed by atoms with Crippen molar-refractivity contribution in [2.24, 2.45) is 12.5 Å². The summed E-state index contributed by atoms with van der Waals surface area (Å²) < 4.78 is 44.4. The topological polar surface area (TPSA) is 109 Å². The molecule has 3 heterocycles. The van der Waals surface area contributed by atoms with E-state index in [1.54, 1.807) is 17.8 Å². The lowest BCUT2D eigenvalue weighted by atomic mass is 9.96. The van der Waals surface area contributed by atoms with E-state index >= 15 is 0 Å². The number of hydrogen-bond donors (Lipinski definition) is 2. The summed E-state index contributed by atoms with van der Waals surface area (Å²) in [6.07, 6.45) is 0.167. The van der Waals surface area contributed by atoms with Gasteiger partial charge in [-0.05, 0) is 42.0 Å². The smallest absolute Gasteiger partial charge is 0.383 e. The molecule has 0 unspecified atom stereocenters. The van der Waals surface area contributed by atoms with E-state index in [1.165, 1.54) is 12.4 Å². The molecule has 2 N–H and O–H groups in total. The van der Waals surface area contributed by atoms with Gasteiger partial charge in [0.15, 0.2) is 5.54 Å². The molecule has 2 aromatic carbocycles. The third-order valence-corrected chi connectivity index (χ3v) is 7.95. The maximum absolute atomic E-state index is 13.9. The van der Waals surface area contributed by atoms with E-state index in [0.717, 1.165) is 21.1 Å². The largest absolute Gasteiger partial charge is 0.413 e. The number of nitriles is 1. The average Bonchev–Trinajstić information content (AvgIpc) is 3.46. The molecule has 0 aliphatic heterocycles. The van der Waals surface area contributed by atoms with Crippen molar-refractivity contribution in [2.75, 3.05) is 17.2 Å². The number of nitrogens with zero attached hydrogens (tertiary/aromatic N) is 7. The molecule has 3 aromatic heterocycles. The minimum absolute atomic E-state index is 0.0472. The Morgan fingerprint density at radius 1 is 1.14 bits per heavy atom. The number of aryl methyl sites for hydroxylation is 1. The molecule has 0 spiro atoms. The second kappa shape index (κ2) is 10.1. The molecular formula is C30H29ClF3N9. The zero-order chi connectivity index (χ0) is 30.7. The van der Waals surface area contributed by atoms with Gasteiger partial charge in [0.05, 0.1) is 39.5 Å². The minimum Gasteiger partial charge on any atom is -0.383 e. The van der Waals surface area contributed by atoms with E-state index < -0.39 is 17.8 Å². The normalized spacial score (nSPS) is 15.4. The highest BCUT2D eigenvalue weighted by Gasteiger charge is 2.66. The van der Waals surface area contributed by atoms with Crippen LogP contribution in [-0.2, 0) is 12.6 Å². The summed E-state index contributed by atoms with van der Waals surface area (Å²) in [5.74, 6) is 0. The van der Waals surface area contributed by atoms with Gasteiger partial charge in [-0.1, -0.05) is 49.7 Å². The number of rotatable bonds is 7. The van der Waals surface area contributed by atoms with Crippen LogP contribution in [0.3, 0.4) is 0 Å². The van der Waals surface area contributed by atoms with Crippen molar-refractivity contribution in [3.63, 3.8) is 0 Å². The van der Waals surface area contributed by atoms with E-state index in [-0.39, 0.29) is 18.3 Å². The number of alkyl halides is 3. The molecule has 1 fully saturated rings. The van der Waals surface area contributed by atoms with Crippen molar-refractivity contribution in [1.82, 2.24) is 29.8 Å². The molecule has 9 nitrogen and oxygen atoms in total. The quantitative estimate of drug-likeness (QED) is 0.206. The summed E-state index contributed by atoms with van der Waals surface area (Å²) in [5.41, 5.74) is 1.71. The fraction of sp³-hybridized carbons (Fsp3) is 0.367. The van der Waals surface area contributed by atoms with Crippen LogP contribution >= 0.6 is 11.6 Å². The predicted octanol–water partition coefficient (Wildman–Crippen LogP) is 6.95. The van der Waals surface area contributed by atoms with E-state index in [2.05, 4.69) is 57.9 Å². The van der Waals surface area contributed by atoms with Crippen molar-refractivity contribution in [2.45, 2.75) is 51.4 Å². The van der Waals surface area contributed by atoms with Crippen molar-refractivity contribution < 1.29 is 13.2 Å². The van der Waals surface area contributed by atoms with Crippen LogP contribution in [0.5, 0.6) is 0 Å². The van der Waals surface area contributed by atoms with Crippen LogP contribution in [-0.4, -0.2) is 42.5 Å². The first-order valence-electron chi connectivity index (χ1n) is 13.7. The standard InChI is InChI=1S/C30H29ClF3N9/c1-28(2,3)16-37-25-17(12-35)13-36-26-20(25)10-18(11-22(26)31)38-27(19-6-5-7-23-21(19)14-42(4)40-23)24-15-43(41-39-24)29(8-9-29)30(32,33)34/h5-7,10-11,13-15,27,38H,8-9,16H2,1-4H3,(H,36,37)/t27-/m0/s1.